The third-order valence-corrected chi connectivity index (χ3v) is 6.62. The van der Waals surface area contributed by atoms with E-state index in [-0.39, 0.29) is 23.1 Å². The Morgan fingerprint density at radius 3 is 2.21 bits per heavy atom. The summed E-state index contributed by atoms with van der Waals surface area (Å²) in [5, 5.41) is 16.7. The van der Waals surface area contributed by atoms with Crippen molar-refractivity contribution in [1.29, 1.82) is 5.41 Å². The maximum atomic E-state index is 12.6. The number of carbonyl (C=O) groups excluding carboxylic acids is 1. The molecule has 6 N–H and O–H groups in total. The fourth-order valence-electron chi connectivity index (χ4n) is 3.87. The number of aromatic nitrogens is 1. The van der Waals surface area contributed by atoms with E-state index in [9.17, 15) is 13.2 Å². The Kier molecular flexibility index (Phi) is 6.23. The molecule has 1 aromatic heterocycles. The standard InChI is InChI=1S/C25H25N5O3S/c1-30-15-20(22-12-19(25(26)27)8-11-23(22)30)13-24(31)29-14-16-2-4-17(5-3-16)18-6-9-21(10-7-18)34(28,32)33/h2-12,15H,13-14H2,1H3,(H3,26,27)(H,29,31)(H2,28,32,33). The molecule has 0 unspecified atom stereocenters. The molecule has 1 heterocycles. The number of benzene rings is 3. The Hall–Kier alpha value is -3.95. The van der Waals surface area contributed by atoms with Gasteiger partial charge < -0.3 is 15.6 Å². The van der Waals surface area contributed by atoms with Crippen LogP contribution in [0.1, 0.15) is 16.7 Å². The zero-order valence-corrected chi connectivity index (χ0v) is 19.4. The van der Waals surface area contributed by atoms with Gasteiger partial charge in [0.1, 0.15) is 5.84 Å². The summed E-state index contributed by atoms with van der Waals surface area (Å²) in [5.41, 5.74) is 10.8. The molecular weight excluding hydrogens is 450 g/mol. The van der Waals surface area contributed by atoms with Gasteiger partial charge in [-0.05, 0) is 52.6 Å². The van der Waals surface area contributed by atoms with Gasteiger partial charge in [0.15, 0.2) is 0 Å². The summed E-state index contributed by atoms with van der Waals surface area (Å²) < 4.78 is 24.8. The Morgan fingerprint density at radius 2 is 1.62 bits per heavy atom. The average molecular weight is 476 g/mol. The van der Waals surface area contributed by atoms with Gasteiger partial charge >= 0.3 is 0 Å². The van der Waals surface area contributed by atoms with E-state index in [1.165, 1.54) is 12.1 Å². The molecule has 3 aromatic carbocycles. The monoisotopic (exact) mass is 475 g/mol. The lowest BCUT2D eigenvalue weighted by Crippen LogP contribution is -2.24. The summed E-state index contributed by atoms with van der Waals surface area (Å²) in [6, 6.07) is 19.6. The number of nitrogens with zero attached hydrogens (tertiary/aromatic N) is 1. The van der Waals surface area contributed by atoms with Crippen LogP contribution < -0.4 is 16.2 Å². The summed E-state index contributed by atoms with van der Waals surface area (Å²) in [6.45, 7) is 0.382. The molecule has 0 bridgehead atoms. The first-order valence-electron chi connectivity index (χ1n) is 10.5. The van der Waals surface area contributed by atoms with Gasteiger partial charge in [-0.3, -0.25) is 10.2 Å². The molecule has 0 aliphatic rings. The van der Waals surface area contributed by atoms with Crippen molar-refractivity contribution in [3.63, 3.8) is 0 Å². The van der Waals surface area contributed by atoms with Crippen LogP contribution in [0.25, 0.3) is 22.0 Å². The molecule has 0 radical (unpaired) electrons. The maximum absolute atomic E-state index is 12.6. The molecular formula is C25H25N5O3S. The SMILES string of the molecule is Cn1cc(CC(=O)NCc2ccc(-c3ccc(S(N)(=O)=O)cc3)cc2)c2cc(C(=N)N)ccc21. The predicted octanol–water partition coefficient (Wildman–Crippen LogP) is 2.64. The quantitative estimate of drug-likeness (QED) is 0.241. The smallest absolute Gasteiger partial charge is 0.238 e. The van der Waals surface area contributed by atoms with Crippen molar-refractivity contribution in [1.82, 2.24) is 9.88 Å². The molecule has 8 nitrogen and oxygen atoms in total. The van der Waals surface area contributed by atoms with Gasteiger partial charge in [-0.15, -0.1) is 0 Å². The van der Waals surface area contributed by atoms with Crippen molar-refractivity contribution in [3.05, 3.63) is 89.6 Å². The van der Waals surface area contributed by atoms with Crippen molar-refractivity contribution < 1.29 is 13.2 Å². The van der Waals surface area contributed by atoms with Crippen LogP contribution in [0.15, 0.2) is 77.8 Å². The molecule has 9 heteroatoms. The van der Waals surface area contributed by atoms with Crippen molar-refractivity contribution >= 4 is 32.7 Å². The third kappa shape index (κ3) is 5.00. The molecule has 0 aliphatic carbocycles. The normalized spacial score (nSPS) is 11.5. The number of amides is 1. The molecule has 0 saturated carbocycles. The molecule has 1 amide bonds. The van der Waals surface area contributed by atoms with E-state index in [1.807, 2.05) is 54.2 Å². The minimum Gasteiger partial charge on any atom is -0.384 e. The summed E-state index contributed by atoms with van der Waals surface area (Å²) in [6.07, 6.45) is 2.14. The van der Waals surface area contributed by atoms with Crippen LogP contribution in [0.5, 0.6) is 0 Å². The number of fused-ring (bicyclic) bond motifs is 1. The van der Waals surface area contributed by atoms with Crippen LogP contribution in [0.2, 0.25) is 0 Å². The highest BCUT2D eigenvalue weighted by atomic mass is 32.2. The van der Waals surface area contributed by atoms with Crippen molar-refractivity contribution in [2.75, 3.05) is 0 Å². The first kappa shape index (κ1) is 23.2. The number of primary sulfonamides is 1. The van der Waals surface area contributed by atoms with Crippen LogP contribution >= 0.6 is 0 Å². The summed E-state index contributed by atoms with van der Waals surface area (Å²) >= 11 is 0. The first-order chi connectivity index (χ1) is 16.1. The fourth-order valence-corrected chi connectivity index (χ4v) is 4.39. The lowest BCUT2D eigenvalue weighted by atomic mass is 10.0. The number of nitrogen functional groups attached to an aromatic ring is 1. The second kappa shape index (κ2) is 9.12. The average Bonchev–Trinajstić information content (AvgIpc) is 3.12. The van der Waals surface area contributed by atoms with E-state index in [0.29, 0.717) is 12.1 Å². The first-order valence-corrected chi connectivity index (χ1v) is 12.1. The molecule has 0 aliphatic heterocycles. The van der Waals surface area contributed by atoms with Crippen molar-refractivity contribution in [2.45, 2.75) is 17.9 Å². The predicted molar refractivity (Wildman–Crippen MR) is 133 cm³/mol. The second-order valence-corrected chi connectivity index (χ2v) is 9.69. The maximum Gasteiger partial charge on any atom is 0.238 e. The van der Waals surface area contributed by atoms with Gasteiger partial charge in [0.05, 0.1) is 11.3 Å². The number of nitrogens with one attached hydrogen (secondary N) is 2. The number of hydrogen-bond donors (Lipinski definition) is 4. The number of aryl methyl sites for hydroxylation is 1. The van der Waals surface area contributed by atoms with Crippen LogP contribution in [0.4, 0.5) is 0 Å². The van der Waals surface area contributed by atoms with Crippen LogP contribution in [-0.4, -0.2) is 24.7 Å². The van der Waals surface area contributed by atoms with Crippen LogP contribution in [0.3, 0.4) is 0 Å². The number of sulfonamides is 1. The van der Waals surface area contributed by atoms with E-state index in [0.717, 1.165) is 33.2 Å². The molecule has 0 fully saturated rings. The number of hydrogen-bond acceptors (Lipinski definition) is 4. The van der Waals surface area contributed by atoms with Gasteiger partial charge in [0.25, 0.3) is 0 Å². The molecule has 0 atom stereocenters. The van der Waals surface area contributed by atoms with Gasteiger partial charge in [-0.1, -0.05) is 36.4 Å². The van der Waals surface area contributed by atoms with E-state index >= 15 is 0 Å². The van der Waals surface area contributed by atoms with Gasteiger partial charge in [0, 0.05) is 36.3 Å². The Labute approximate surface area is 197 Å². The minimum absolute atomic E-state index is 0.00930. The van der Waals surface area contributed by atoms with E-state index in [2.05, 4.69) is 5.32 Å². The highest BCUT2D eigenvalue weighted by Crippen LogP contribution is 2.23. The molecule has 34 heavy (non-hydrogen) atoms. The zero-order chi connectivity index (χ0) is 24.5. The van der Waals surface area contributed by atoms with Gasteiger partial charge in [-0.25, -0.2) is 13.6 Å². The lowest BCUT2D eigenvalue weighted by Gasteiger charge is -2.08. The van der Waals surface area contributed by atoms with Crippen LogP contribution in [-0.2, 0) is 34.8 Å². The number of nitrogens with two attached hydrogens (primary N) is 2. The second-order valence-electron chi connectivity index (χ2n) is 8.13. The number of carbonyl (C=O) groups is 1. The van der Waals surface area contributed by atoms with Gasteiger partial charge in [0.2, 0.25) is 15.9 Å². The van der Waals surface area contributed by atoms with E-state index in [4.69, 9.17) is 16.3 Å². The summed E-state index contributed by atoms with van der Waals surface area (Å²) in [5.74, 6) is -0.117. The highest BCUT2D eigenvalue weighted by Gasteiger charge is 2.12. The van der Waals surface area contributed by atoms with E-state index in [1.54, 1.807) is 18.2 Å². The zero-order valence-electron chi connectivity index (χ0n) is 18.6. The van der Waals surface area contributed by atoms with E-state index < -0.39 is 10.0 Å². The molecule has 0 spiro atoms. The van der Waals surface area contributed by atoms with Crippen molar-refractivity contribution in [3.8, 4) is 11.1 Å². The summed E-state index contributed by atoms with van der Waals surface area (Å²) in [7, 11) is -1.80. The Bertz CT molecular complexity index is 1490. The summed E-state index contributed by atoms with van der Waals surface area (Å²) in [4.78, 5) is 12.7. The molecule has 4 rings (SSSR count). The molecule has 4 aromatic rings. The molecule has 0 saturated heterocycles. The minimum atomic E-state index is -3.72. The largest absolute Gasteiger partial charge is 0.384 e. The van der Waals surface area contributed by atoms with Gasteiger partial charge in [-0.2, -0.15) is 0 Å². The van der Waals surface area contributed by atoms with Crippen LogP contribution in [0, 0.1) is 5.41 Å². The number of amidine groups is 1. The lowest BCUT2D eigenvalue weighted by molar-refractivity contribution is -0.120. The Balaban J connectivity index is 1.41. The van der Waals surface area contributed by atoms with Crippen molar-refractivity contribution in [2.24, 2.45) is 17.9 Å². The third-order valence-electron chi connectivity index (χ3n) is 5.69. The Morgan fingerprint density at radius 1 is 1.00 bits per heavy atom. The fraction of sp³-hybridized carbons (Fsp3) is 0.120. The highest BCUT2D eigenvalue weighted by molar-refractivity contribution is 7.89. The number of rotatable bonds is 7. The topological polar surface area (TPSA) is 144 Å². The molecule has 174 valence electrons.